The van der Waals surface area contributed by atoms with E-state index in [-0.39, 0.29) is 17.6 Å². The number of hydrogen-bond acceptors (Lipinski definition) is 4. The Labute approximate surface area is 141 Å². The number of carbonyl (C=O) groups excluding carboxylic acids is 1. The number of carbonyl (C=O) groups is 1. The van der Waals surface area contributed by atoms with Crippen LogP contribution in [0.2, 0.25) is 0 Å². The molecular formula is C18H23N3O3. The Morgan fingerprint density at radius 3 is 3.04 bits per heavy atom. The summed E-state index contributed by atoms with van der Waals surface area (Å²) in [5.41, 5.74) is 0.962. The van der Waals surface area contributed by atoms with Crippen molar-refractivity contribution < 1.29 is 14.3 Å². The molecule has 2 heterocycles. The molecule has 2 aromatic rings. The van der Waals surface area contributed by atoms with E-state index in [0.717, 1.165) is 23.5 Å². The summed E-state index contributed by atoms with van der Waals surface area (Å²) in [6.45, 7) is 6.75. The smallest absolute Gasteiger partial charge is 0.244 e. The molecule has 0 saturated carbocycles. The molecule has 0 saturated heterocycles. The minimum absolute atomic E-state index is 0.0852. The van der Waals surface area contributed by atoms with E-state index < -0.39 is 0 Å². The average Bonchev–Trinajstić information content (AvgIpc) is 3.16. The van der Waals surface area contributed by atoms with Gasteiger partial charge in [0.15, 0.2) is 11.5 Å². The zero-order valence-electron chi connectivity index (χ0n) is 14.3. The summed E-state index contributed by atoms with van der Waals surface area (Å²) in [7, 11) is 0. The Kier molecular flexibility index (Phi) is 4.46. The number of fused-ring (bicyclic) bond motifs is 1. The topological polar surface area (TPSA) is 65.4 Å². The van der Waals surface area contributed by atoms with Crippen molar-refractivity contribution in [2.24, 2.45) is 0 Å². The maximum atomic E-state index is 12.1. The van der Waals surface area contributed by atoms with Crippen molar-refractivity contribution in [1.82, 2.24) is 15.1 Å². The largest absolute Gasteiger partial charge is 0.488 e. The van der Waals surface area contributed by atoms with E-state index in [1.807, 2.05) is 19.1 Å². The SMILES string of the molecule is C[C@H](C(=O)NCCOc1cccc2c1OC(C)(C)C2)n1cccn1. The number of benzene rings is 1. The highest BCUT2D eigenvalue weighted by molar-refractivity contribution is 5.79. The summed E-state index contributed by atoms with van der Waals surface area (Å²) in [6.07, 6.45) is 4.30. The molecule has 1 aromatic carbocycles. The zero-order chi connectivity index (χ0) is 17.2. The fourth-order valence-corrected chi connectivity index (χ4v) is 2.81. The Morgan fingerprint density at radius 2 is 2.29 bits per heavy atom. The lowest BCUT2D eigenvalue weighted by atomic mass is 10.0. The Morgan fingerprint density at radius 1 is 1.46 bits per heavy atom. The first-order valence-electron chi connectivity index (χ1n) is 8.17. The van der Waals surface area contributed by atoms with Gasteiger partial charge in [-0.05, 0) is 32.9 Å². The third kappa shape index (κ3) is 3.53. The first-order chi connectivity index (χ1) is 11.5. The van der Waals surface area contributed by atoms with Crippen LogP contribution in [0.1, 0.15) is 32.4 Å². The summed E-state index contributed by atoms with van der Waals surface area (Å²) < 4.78 is 13.4. The highest BCUT2D eigenvalue weighted by Gasteiger charge is 2.32. The van der Waals surface area contributed by atoms with Gasteiger partial charge in [0, 0.05) is 24.4 Å². The zero-order valence-corrected chi connectivity index (χ0v) is 14.3. The molecule has 1 amide bonds. The molecule has 0 bridgehead atoms. The monoisotopic (exact) mass is 329 g/mol. The van der Waals surface area contributed by atoms with E-state index in [1.165, 1.54) is 0 Å². The van der Waals surface area contributed by atoms with Gasteiger partial charge in [-0.1, -0.05) is 12.1 Å². The fraction of sp³-hybridized carbons (Fsp3) is 0.444. The summed E-state index contributed by atoms with van der Waals surface area (Å²) in [5, 5.41) is 6.93. The molecule has 1 atom stereocenters. The quantitative estimate of drug-likeness (QED) is 0.826. The van der Waals surface area contributed by atoms with Gasteiger partial charge in [0.1, 0.15) is 18.2 Å². The van der Waals surface area contributed by atoms with Crippen molar-refractivity contribution in [2.45, 2.75) is 38.8 Å². The Bertz CT molecular complexity index is 710. The van der Waals surface area contributed by atoms with Crippen molar-refractivity contribution in [2.75, 3.05) is 13.2 Å². The Hall–Kier alpha value is -2.50. The van der Waals surface area contributed by atoms with Gasteiger partial charge in [0.2, 0.25) is 5.91 Å². The number of nitrogens with one attached hydrogen (secondary N) is 1. The van der Waals surface area contributed by atoms with Crippen LogP contribution < -0.4 is 14.8 Å². The number of aromatic nitrogens is 2. The van der Waals surface area contributed by atoms with Crippen LogP contribution in [0.4, 0.5) is 0 Å². The fourth-order valence-electron chi connectivity index (χ4n) is 2.81. The molecule has 0 unspecified atom stereocenters. The molecule has 0 aliphatic carbocycles. The lowest BCUT2D eigenvalue weighted by Crippen LogP contribution is -2.34. The molecular weight excluding hydrogens is 306 g/mol. The van der Waals surface area contributed by atoms with Gasteiger partial charge in [-0.2, -0.15) is 5.10 Å². The van der Waals surface area contributed by atoms with Crippen LogP contribution in [0.5, 0.6) is 11.5 Å². The van der Waals surface area contributed by atoms with E-state index in [4.69, 9.17) is 9.47 Å². The van der Waals surface area contributed by atoms with E-state index >= 15 is 0 Å². The maximum absolute atomic E-state index is 12.1. The molecule has 3 rings (SSSR count). The Balaban J connectivity index is 1.50. The number of para-hydroxylation sites is 1. The number of hydrogen-bond donors (Lipinski definition) is 1. The van der Waals surface area contributed by atoms with Gasteiger partial charge in [-0.3, -0.25) is 9.48 Å². The van der Waals surface area contributed by atoms with Gasteiger partial charge in [-0.15, -0.1) is 0 Å². The van der Waals surface area contributed by atoms with E-state index in [2.05, 4.69) is 30.3 Å². The summed E-state index contributed by atoms with van der Waals surface area (Å²) in [5.74, 6) is 1.46. The van der Waals surface area contributed by atoms with Crippen molar-refractivity contribution in [3.63, 3.8) is 0 Å². The van der Waals surface area contributed by atoms with E-state index in [0.29, 0.717) is 13.2 Å². The first-order valence-corrected chi connectivity index (χ1v) is 8.17. The minimum atomic E-state index is -0.342. The third-order valence-corrected chi connectivity index (χ3v) is 4.01. The van der Waals surface area contributed by atoms with Crippen LogP contribution in [-0.4, -0.2) is 34.4 Å². The highest BCUT2D eigenvalue weighted by atomic mass is 16.5. The molecule has 1 aliphatic heterocycles. The van der Waals surface area contributed by atoms with Gasteiger partial charge in [-0.25, -0.2) is 0 Å². The standard InChI is InChI=1S/C18H23N3O3/c1-13(21-10-5-8-20-21)17(22)19-9-11-23-15-7-4-6-14-12-18(2,3)24-16(14)15/h4-8,10,13H,9,11-12H2,1-3H3,(H,19,22)/t13-/m1/s1. The second-order valence-corrected chi connectivity index (χ2v) is 6.58. The van der Waals surface area contributed by atoms with Gasteiger partial charge < -0.3 is 14.8 Å². The third-order valence-electron chi connectivity index (χ3n) is 4.01. The van der Waals surface area contributed by atoms with Gasteiger partial charge in [0.25, 0.3) is 0 Å². The number of nitrogens with zero attached hydrogens (tertiary/aromatic N) is 2. The lowest BCUT2D eigenvalue weighted by molar-refractivity contribution is -0.124. The molecule has 0 radical (unpaired) electrons. The van der Waals surface area contributed by atoms with Crippen LogP contribution in [0.3, 0.4) is 0 Å². The second-order valence-electron chi connectivity index (χ2n) is 6.58. The summed E-state index contributed by atoms with van der Waals surface area (Å²) in [4.78, 5) is 12.1. The van der Waals surface area contributed by atoms with Crippen molar-refractivity contribution in [3.05, 3.63) is 42.2 Å². The average molecular weight is 329 g/mol. The lowest BCUT2D eigenvalue weighted by Gasteiger charge is -2.18. The highest BCUT2D eigenvalue weighted by Crippen LogP contribution is 2.41. The number of ether oxygens (including phenoxy) is 2. The van der Waals surface area contributed by atoms with Crippen LogP contribution in [-0.2, 0) is 11.2 Å². The predicted molar refractivity (Wildman–Crippen MR) is 90.3 cm³/mol. The second kappa shape index (κ2) is 6.55. The minimum Gasteiger partial charge on any atom is -0.488 e. The molecule has 1 aromatic heterocycles. The van der Waals surface area contributed by atoms with Gasteiger partial charge in [0.05, 0.1) is 6.54 Å². The molecule has 128 valence electrons. The van der Waals surface area contributed by atoms with Crippen molar-refractivity contribution in [1.29, 1.82) is 0 Å². The normalized spacial score (nSPS) is 16.1. The van der Waals surface area contributed by atoms with E-state index in [9.17, 15) is 4.79 Å². The molecule has 0 spiro atoms. The van der Waals surface area contributed by atoms with Crippen LogP contribution in [0.15, 0.2) is 36.7 Å². The predicted octanol–water partition coefficient (Wildman–Crippen LogP) is 2.35. The molecule has 6 nitrogen and oxygen atoms in total. The van der Waals surface area contributed by atoms with Crippen LogP contribution >= 0.6 is 0 Å². The number of rotatable bonds is 6. The van der Waals surface area contributed by atoms with Crippen LogP contribution in [0.25, 0.3) is 0 Å². The number of amides is 1. The molecule has 1 N–H and O–H groups in total. The summed E-state index contributed by atoms with van der Waals surface area (Å²) >= 11 is 0. The van der Waals surface area contributed by atoms with Crippen molar-refractivity contribution in [3.8, 4) is 11.5 Å². The summed E-state index contributed by atoms with van der Waals surface area (Å²) in [6, 6.07) is 7.38. The molecule has 6 heteroatoms. The molecule has 1 aliphatic rings. The first kappa shape index (κ1) is 16.4. The van der Waals surface area contributed by atoms with E-state index in [1.54, 1.807) is 23.1 Å². The van der Waals surface area contributed by atoms with Crippen molar-refractivity contribution >= 4 is 5.91 Å². The van der Waals surface area contributed by atoms with Gasteiger partial charge >= 0.3 is 0 Å². The molecule has 0 fully saturated rings. The maximum Gasteiger partial charge on any atom is 0.244 e. The van der Waals surface area contributed by atoms with Crippen LogP contribution in [0, 0.1) is 0 Å². The molecule has 24 heavy (non-hydrogen) atoms.